The van der Waals surface area contributed by atoms with Gasteiger partial charge in [-0.1, -0.05) is 37.3 Å². The maximum Gasteiger partial charge on any atom is 0.416 e. The topological polar surface area (TPSA) is 43.4 Å². The van der Waals surface area contributed by atoms with Crippen LogP contribution in [0.4, 0.5) is 13.2 Å². The minimum atomic E-state index is -4.48. The van der Waals surface area contributed by atoms with Crippen molar-refractivity contribution >= 4 is 17.8 Å². The summed E-state index contributed by atoms with van der Waals surface area (Å²) in [4.78, 5) is 24.1. The Bertz CT molecular complexity index is 635. The summed E-state index contributed by atoms with van der Waals surface area (Å²) < 4.78 is 44.0. The maximum absolute atomic E-state index is 13.0. The molecule has 0 aromatic heterocycles. The molecular weight excluding hydrogens is 321 g/mol. The number of alkyl halides is 3. The quantitative estimate of drug-likeness (QED) is 0.564. The molecule has 0 aliphatic carbocycles. The van der Waals surface area contributed by atoms with Crippen molar-refractivity contribution in [2.45, 2.75) is 33.9 Å². The lowest BCUT2D eigenvalue weighted by Crippen LogP contribution is -2.41. The molecule has 0 saturated heterocycles. The smallest absolute Gasteiger partial charge is 0.416 e. The molecule has 24 heavy (non-hydrogen) atoms. The van der Waals surface area contributed by atoms with E-state index in [1.54, 1.807) is 13.8 Å². The van der Waals surface area contributed by atoms with Crippen LogP contribution in [-0.4, -0.2) is 18.4 Å². The Morgan fingerprint density at radius 2 is 1.83 bits per heavy atom. The van der Waals surface area contributed by atoms with E-state index in [0.717, 1.165) is 6.07 Å². The number of halogens is 3. The van der Waals surface area contributed by atoms with Gasteiger partial charge in [0.2, 0.25) is 0 Å². The molecular formula is C18H21F3O3. The number of Topliss-reactive ketones (excluding diaryl/α,β-unsaturated/α-hetero) is 1. The lowest BCUT2D eigenvalue weighted by Gasteiger charge is -2.29. The van der Waals surface area contributed by atoms with Gasteiger partial charge in [-0.25, -0.2) is 0 Å². The van der Waals surface area contributed by atoms with Crippen molar-refractivity contribution in [2.24, 2.45) is 11.3 Å². The van der Waals surface area contributed by atoms with Gasteiger partial charge in [-0.3, -0.25) is 9.59 Å². The van der Waals surface area contributed by atoms with Gasteiger partial charge in [0.1, 0.15) is 11.2 Å². The highest BCUT2D eigenvalue weighted by Gasteiger charge is 2.44. The first-order chi connectivity index (χ1) is 11.0. The second kappa shape index (κ2) is 7.64. The van der Waals surface area contributed by atoms with E-state index in [-0.39, 0.29) is 12.2 Å². The Morgan fingerprint density at radius 3 is 2.33 bits per heavy atom. The van der Waals surface area contributed by atoms with Crippen LogP contribution in [0, 0.1) is 11.3 Å². The monoisotopic (exact) mass is 342 g/mol. The molecule has 0 aliphatic rings. The molecule has 0 heterocycles. The zero-order chi connectivity index (χ0) is 18.5. The highest BCUT2D eigenvalue weighted by Crippen LogP contribution is 2.35. The Balaban J connectivity index is 3.17. The zero-order valence-corrected chi connectivity index (χ0v) is 14.1. The van der Waals surface area contributed by atoms with Gasteiger partial charge in [0, 0.05) is 0 Å². The number of allylic oxidation sites excluding steroid dienone is 1. The van der Waals surface area contributed by atoms with E-state index in [1.807, 2.05) is 0 Å². The lowest BCUT2D eigenvalue weighted by molar-refractivity contribution is -0.160. The van der Waals surface area contributed by atoms with Gasteiger partial charge in [-0.2, -0.15) is 13.2 Å². The first-order valence-corrected chi connectivity index (χ1v) is 7.57. The number of benzene rings is 1. The second-order valence-corrected chi connectivity index (χ2v) is 5.71. The summed E-state index contributed by atoms with van der Waals surface area (Å²) >= 11 is 0. The SMILES string of the molecule is CCOC(=O)[C@](C)(C(C)=O)[C@H](C)/C=C/c1ccccc1C(F)(F)F. The zero-order valence-electron chi connectivity index (χ0n) is 14.1. The third-order valence-electron chi connectivity index (χ3n) is 4.17. The van der Waals surface area contributed by atoms with Crippen LogP contribution in [0.5, 0.6) is 0 Å². The number of carbonyl (C=O) groups excluding carboxylic acids is 2. The molecule has 1 aromatic rings. The summed E-state index contributed by atoms with van der Waals surface area (Å²) in [6, 6.07) is 5.12. The predicted molar refractivity (Wildman–Crippen MR) is 85.1 cm³/mol. The van der Waals surface area contributed by atoms with Crippen LogP contribution in [0.3, 0.4) is 0 Å². The summed E-state index contributed by atoms with van der Waals surface area (Å²) in [5.74, 6) is -1.71. The van der Waals surface area contributed by atoms with Crippen molar-refractivity contribution in [3.05, 3.63) is 41.5 Å². The molecule has 0 radical (unpaired) electrons. The van der Waals surface area contributed by atoms with Crippen LogP contribution in [0.1, 0.15) is 38.8 Å². The van der Waals surface area contributed by atoms with Gasteiger partial charge in [-0.15, -0.1) is 0 Å². The molecule has 0 unspecified atom stereocenters. The standard InChI is InChI=1S/C18H21F3O3/c1-5-24-16(23)17(4,13(3)22)12(2)10-11-14-8-6-7-9-15(14)18(19,20)21/h6-12H,5H2,1-4H3/b11-10+/t12-,17+/m1/s1. The average molecular weight is 342 g/mol. The summed E-state index contributed by atoms with van der Waals surface area (Å²) in [5, 5.41) is 0. The summed E-state index contributed by atoms with van der Waals surface area (Å²) in [6.45, 7) is 6.06. The van der Waals surface area contributed by atoms with E-state index in [2.05, 4.69) is 0 Å². The summed E-state index contributed by atoms with van der Waals surface area (Å²) in [6.07, 6.45) is -1.76. The molecule has 2 atom stereocenters. The van der Waals surface area contributed by atoms with Crippen molar-refractivity contribution in [3.8, 4) is 0 Å². The van der Waals surface area contributed by atoms with E-state index in [4.69, 9.17) is 4.74 Å². The molecule has 0 spiro atoms. The molecule has 1 rings (SSSR count). The molecule has 0 amide bonds. The van der Waals surface area contributed by atoms with Gasteiger partial charge >= 0.3 is 12.1 Å². The third-order valence-corrected chi connectivity index (χ3v) is 4.17. The lowest BCUT2D eigenvalue weighted by atomic mass is 9.74. The average Bonchev–Trinajstić information content (AvgIpc) is 2.51. The Hall–Kier alpha value is -2.11. The molecule has 3 nitrogen and oxygen atoms in total. The van der Waals surface area contributed by atoms with Crippen molar-refractivity contribution in [1.29, 1.82) is 0 Å². The van der Waals surface area contributed by atoms with Gasteiger partial charge in [0.25, 0.3) is 0 Å². The number of hydrogen-bond acceptors (Lipinski definition) is 3. The van der Waals surface area contributed by atoms with E-state index in [1.165, 1.54) is 44.2 Å². The molecule has 0 aliphatic heterocycles. The van der Waals surface area contributed by atoms with Crippen molar-refractivity contribution < 1.29 is 27.5 Å². The molecule has 0 saturated carbocycles. The molecule has 0 bridgehead atoms. The third kappa shape index (κ3) is 4.24. The van der Waals surface area contributed by atoms with E-state index in [9.17, 15) is 22.8 Å². The highest BCUT2D eigenvalue weighted by atomic mass is 19.4. The maximum atomic E-state index is 13.0. The van der Waals surface area contributed by atoms with Crippen molar-refractivity contribution in [2.75, 3.05) is 6.61 Å². The molecule has 6 heteroatoms. The fourth-order valence-electron chi connectivity index (χ4n) is 2.27. The van der Waals surface area contributed by atoms with Crippen molar-refractivity contribution in [1.82, 2.24) is 0 Å². The van der Waals surface area contributed by atoms with Crippen LogP contribution in [0.2, 0.25) is 0 Å². The van der Waals surface area contributed by atoms with Crippen LogP contribution < -0.4 is 0 Å². The first kappa shape index (κ1) is 19.9. The van der Waals surface area contributed by atoms with Gasteiger partial charge in [0.15, 0.2) is 0 Å². The molecule has 0 fully saturated rings. The predicted octanol–water partition coefficient (Wildman–Crippen LogP) is 4.51. The normalized spacial score (nSPS) is 15.8. The summed E-state index contributed by atoms with van der Waals surface area (Å²) in [5.41, 5.74) is -2.24. The fraction of sp³-hybridized carbons (Fsp3) is 0.444. The van der Waals surface area contributed by atoms with E-state index < -0.39 is 34.8 Å². The number of hydrogen-bond donors (Lipinski definition) is 0. The van der Waals surface area contributed by atoms with E-state index >= 15 is 0 Å². The van der Waals surface area contributed by atoms with Crippen LogP contribution in [-0.2, 0) is 20.5 Å². The van der Waals surface area contributed by atoms with E-state index in [0.29, 0.717) is 0 Å². The minimum absolute atomic E-state index is 0.0217. The van der Waals surface area contributed by atoms with Crippen LogP contribution in [0.25, 0.3) is 6.08 Å². The van der Waals surface area contributed by atoms with Crippen LogP contribution in [0.15, 0.2) is 30.3 Å². The second-order valence-electron chi connectivity index (χ2n) is 5.71. The minimum Gasteiger partial charge on any atom is -0.465 e. The number of esters is 1. The number of rotatable bonds is 6. The highest BCUT2D eigenvalue weighted by molar-refractivity contribution is 6.02. The van der Waals surface area contributed by atoms with Gasteiger partial charge in [-0.05, 0) is 38.3 Å². The first-order valence-electron chi connectivity index (χ1n) is 7.57. The Labute approximate surface area is 139 Å². The van der Waals surface area contributed by atoms with Gasteiger partial charge in [0.05, 0.1) is 12.2 Å². The van der Waals surface area contributed by atoms with Crippen LogP contribution >= 0.6 is 0 Å². The molecule has 0 N–H and O–H groups in total. The Kier molecular flexibility index (Phi) is 6.35. The van der Waals surface area contributed by atoms with Crippen molar-refractivity contribution in [3.63, 3.8) is 0 Å². The Morgan fingerprint density at radius 1 is 1.25 bits per heavy atom. The van der Waals surface area contributed by atoms with Gasteiger partial charge < -0.3 is 4.74 Å². The fourth-order valence-corrected chi connectivity index (χ4v) is 2.27. The number of ketones is 1. The number of ether oxygens (including phenoxy) is 1. The molecule has 1 aromatic carbocycles. The summed E-state index contributed by atoms with van der Waals surface area (Å²) in [7, 11) is 0. The largest absolute Gasteiger partial charge is 0.465 e. The molecule has 132 valence electrons. The number of carbonyl (C=O) groups is 2.